The van der Waals surface area contributed by atoms with Crippen LogP contribution < -0.4 is 30.2 Å². The van der Waals surface area contributed by atoms with E-state index < -0.39 is 42.8 Å². The van der Waals surface area contributed by atoms with Crippen LogP contribution in [0.5, 0.6) is 17.2 Å². The Morgan fingerprint density at radius 1 is 0.500 bits per heavy atom. The van der Waals surface area contributed by atoms with Crippen molar-refractivity contribution in [3.05, 3.63) is 88.0 Å². The van der Waals surface area contributed by atoms with Crippen molar-refractivity contribution in [2.75, 3.05) is 21.3 Å². The standard InChI is InChI=1S/C30H44N2O4Si.C27H36N2O4.C24H27F3N2O3/c1-9-10-11-22-16-21-17-23(35-5)12-13-24(21)26(32(22)25(33)14-15-37(6,7)8)29-18-30(19-29,20-29)31-27(34)36-28(2,3)4;1-7-9-10-19-13-18-14-20(32-6)11-12-21(18)23(29(19)22(30)8-2)26-15-27(16-26,17-26)28-24(31)33-25(3,4)5;1-4-6-7-16-10-15-11-17(32-3)8-9-18(15)20(29(16)19(30)5-2)22-12-23(13-22,14-22)28-21(31)24(25,26)27/h12-13,17,22,26H,9-11,16,18-20H2,1-8H3,(H,31,34);2,11-12,14,19,23H,7,9-10,13,15-17H2,1,3-6H3,(H,28,31);2,8-9,11,16,20H,4,6-7,10,12-14H2,1,3H3,(H,28,31)/t22-,26+,29?,30?;19-,23+,26?,27?;16-,20+,22?,23?/m000/s1. The van der Waals surface area contributed by atoms with Crippen molar-refractivity contribution in [1.29, 1.82) is 0 Å². The zero-order valence-electron chi connectivity index (χ0n) is 62.6. The maximum atomic E-state index is 13.8. The largest absolute Gasteiger partial charge is 0.497 e. The summed E-state index contributed by atoms with van der Waals surface area (Å²) in [4.78, 5) is 82.2. The Morgan fingerprint density at radius 2 is 0.794 bits per heavy atom. The van der Waals surface area contributed by atoms with Crippen LogP contribution in [-0.2, 0) is 47.9 Å². The first kappa shape index (κ1) is 76.8. The van der Waals surface area contributed by atoms with Gasteiger partial charge in [-0.1, -0.05) is 97.1 Å². The van der Waals surface area contributed by atoms with Gasteiger partial charge in [0.1, 0.15) is 36.5 Å². The normalized spacial score (nSPS) is 29.3. The highest BCUT2D eigenvalue weighted by Gasteiger charge is 2.76. The molecule has 6 atom stereocenters. The summed E-state index contributed by atoms with van der Waals surface area (Å²) in [5, 5.41) is 8.43. The lowest BCUT2D eigenvalue weighted by molar-refractivity contribution is -0.220. The lowest BCUT2D eigenvalue weighted by atomic mass is 9.36. The smallest absolute Gasteiger partial charge is 0.471 e. The van der Waals surface area contributed by atoms with Crippen LogP contribution in [-0.4, -0.2) is 132 Å². The number of rotatable bonds is 18. The number of unbranched alkanes of at least 4 members (excludes halogenated alkanes) is 3. The molecule has 0 saturated heterocycles. The molecule has 6 bridgehead atoms. The first-order valence-electron chi connectivity index (χ1n) is 36.7. The fraction of sp³-hybridized carbons (Fsp3) is 0.630. The predicted molar refractivity (Wildman–Crippen MR) is 388 cm³/mol. The molecule has 12 aliphatic rings. The van der Waals surface area contributed by atoms with Gasteiger partial charge >= 0.3 is 24.3 Å². The Hall–Kier alpha value is -7.83. The number of terminal acetylenes is 2. The quantitative estimate of drug-likeness (QED) is 0.0810. The molecule has 15 rings (SSSR count). The molecule has 3 aliphatic heterocycles. The molecule has 3 aromatic rings. The van der Waals surface area contributed by atoms with Crippen molar-refractivity contribution in [2.45, 2.75) is 287 Å². The summed E-state index contributed by atoms with van der Waals surface area (Å²) in [6.07, 6.45) is 22.9. The molecular weight excluding hydrogens is 1320 g/mol. The summed E-state index contributed by atoms with van der Waals surface area (Å²) >= 11 is 0. The van der Waals surface area contributed by atoms with Crippen LogP contribution in [0.25, 0.3) is 0 Å². The molecule has 0 unspecified atom stereocenters. The summed E-state index contributed by atoms with van der Waals surface area (Å²) in [5.41, 5.74) is 7.35. The fourth-order valence-electron chi connectivity index (χ4n) is 19.0. The second kappa shape index (κ2) is 28.7. The molecule has 0 aromatic heterocycles. The van der Waals surface area contributed by atoms with Gasteiger partial charge in [0.05, 0.1) is 39.5 Å². The van der Waals surface area contributed by atoms with Crippen molar-refractivity contribution >= 4 is 43.9 Å². The van der Waals surface area contributed by atoms with Crippen LogP contribution >= 0.6 is 0 Å². The van der Waals surface area contributed by atoms with Gasteiger partial charge < -0.3 is 54.3 Å². The van der Waals surface area contributed by atoms with Crippen molar-refractivity contribution in [3.8, 4) is 53.4 Å². The zero-order chi connectivity index (χ0) is 74.6. The minimum absolute atomic E-state index is 0.0465. The second-order valence-corrected chi connectivity index (χ2v) is 38.8. The van der Waals surface area contributed by atoms with E-state index in [0.717, 1.165) is 143 Å². The number of nitrogens with one attached hydrogen (secondary N) is 3. The first-order chi connectivity index (χ1) is 47.8. The molecule has 9 saturated carbocycles. The molecular formula is C81H107F3N6O11Si. The monoisotopic (exact) mass is 1420 g/mol. The number of alkyl halides is 3. The number of benzene rings is 3. The number of hydrogen-bond acceptors (Lipinski definition) is 11. The molecule has 102 heavy (non-hydrogen) atoms. The molecule has 6 amide bonds. The van der Waals surface area contributed by atoms with Gasteiger partial charge in [-0.25, -0.2) is 9.59 Å². The van der Waals surface area contributed by atoms with Crippen LogP contribution in [0.2, 0.25) is 19.6 Å². The number of ether oxygens (including phenoxy) is 5. The van der Waals surface area contributed by atoms with E-state index in [-0.39, 0.29) is 87.6 Å². The number of carbonyl (C=O) groups is 6. The minimum atomic E-state index is -4.91. The van der Waals surface area contributed by atoms with E-state index in [4.69, 9.17) is 36.5 Å². The average molecular weight is 1430 g/mol. The van der Waals surface area contributed by atoms with Crippen molar-refractivity contribution in [2.24, 2.45) is 16.2 Å². The molecule has 0 spiro atoms. The molecule has 9 fully saturated rings. The fourth-order valence-corrected chi connectivity index (χ4v) is 19.5. The maximum Gasteiger partial charge on any atom is 0.471 e. The molecule has 0 radical (unpaired) electrons. The van der Waals surface area contributed by atoms with Crippen LogP contribution in [0, 0.1) is 52.4 Å². The molecule has 3 aromatic carbocycles. The molecule has 21 heteroatoms. The van der Waals surface area contributed by atoms with Crippen molar-refractivity contribution in [1.82, 2.24) is 30.7 Å². The van der Waals surface area contributed by atoms with E-state index in [0.29, 0.717) is 25.7 Å². The number of halogens is 3. The van der Waals surface area contributed by atoms with E-state index in [1.165, 1.54) is 16.7 Å². The molecule has 9 aliphatic carbocycles. The van der Waals surface area contributed by atoms with Crippen LogP contribution in [0.4, 0.5) is 22.8 Å². The van der Waals surface area contributed by atoms with Gasteiger partial charge in [0.15, 0.2) is 0 Å². The van der Waals surface area contributed by atoms with Crippen LogP contribution in [0.3, 0.4) is 0 Å². The zero-order valence-corrected chi connectivity index (χ0v) is 63.6. The molecule has 3 heterocycles. The molecule has 3 N–H and O–H groups in total. The highest BCUT2D eigenvalue weighted by Crippen LogP contribution is 2.76. The minimum Gasteiger partial charge on any atom is -0.497 e. The number of nitrogens with zero attached hydrogens (tertiary/aromatic N) is 3. The number of fused-ring (bicyclic) bond motifs is 3. The number of alkyl carbamates (subject to hydrolysis) is 2. The summed E-state index contributed by atoms with van der Waals surface area (Å²) < 4.78 is 65.7. The Labute approximate surface area is 603 Å². The van der Waals surface area contributed by atoms with E-state index in [9.17, 15) is 41.9 Å². The van der Waals surface area contributed by atoms with E-state index in [1.807, 2.05) is 76.8 Å². The maximum absolute atomic E-state index is 13.8. The summed E-state index contributed by atoms with van der Waals surface area (Å²) in [6, 6.07) is 17.9. The predicted octanol–water partition coefficient (Wildman–Crippen LogP) is 14.7. The van der Waals surface area contributed by atoms with E-state index in [1.54, 1.807) is 26.2 Å². The third-order valence-electron chi connectivity index (χ3n) is 22.6. The Morgan fingerprint density at radius 3 is 1.05 bits per heavy atom. The number of carbonyl (C=O) groups excluding carboxylic acids is 6. The van der Waals surface area contributed by atoms with Gasteiger partial charge in [-0.15, -0.1) is 18.4 Å². The van der Waals surface area contributed by atoms with Gasteiger partial charge in [0.2, 0.25) is 0 Å². The highest BCUT2D eigenvalue weighted by atomic mass is 28.3. The Bertz CT molecular complexity index is 3820. The summed E-state index contributed by atoms with van der Waals surface area (Å²) in [5.74, 6) is 7.57. The number of methoxy groups -OCH3 is 3. The Balaban J connectivity index is 0.000000165. The van der Waals surface area contributed by atoms with Crippen LogP contribution in [0.15, 0.2) is 54.6 Å². The SMILES string of the molecule is C#CC(=O)N1[C@@H](CCCC)Cc2cc(OC)ccc2[C@@H]1C12CC(NC(=O)C(F)(F)F)(C1)C2.C#CC(=O)N1[C@@H](CCCC)Cc2cc(OC)ccc2[C@@H]1C12CC(NC(=O)OC(C)(C)C)(C1)C2.CCCC[C@H]1Cc2cc(OC)ccc2[C@H](C23CC(NC(=O)OC(C)(C)C)(C2)C3)N1C(=O)C#C[Si](C)(C)C. The van der Waals surface area contributed by atoms with Gasteiger partial charge in [-0.05, 0) is 225 Å². The highest BCUT2D eigenvalue weighted by molar-refractivity contribution is 6.84. The van der Waals surface area contributed by atoms with Crippen molar-refractivity contribution < 1.29 is 65.6 Å². The Kier molecular flexibility index (Phi) is 21.6. The number of amides is 6. The number of hydrogen-bond donors (Lipinski definition) is 3. The average Bonchev–Trinajstić information content (AvgIpc) is 0.676. The lowest BCUT2D eigenvalue weighted by Crippen LogP contribution is -2.78. The third kappa shape index (κ3) is 15.5. The summed E-state index contributed by atoms with van der Waals surface area (Å²) in [6.45, 7) is 24.2. The second-order valence-electron chi connectivity index (χ2n) is 34.1. The first-order valence-corrected chi connectivity index (χ1v) is 40.2. The third-order valence-corrected chi connectivity index (χ3v) is 23.5. The van der Waals surface area contributed by atoms with Gasteiger partial charge in [0.25, 0.3) is 17.7 Å². The molecule has 552 valence electrons. The van der Waals surface area contributed by atoms with Gasteiger partial charge in [-0.2, -0.15) is 13.2 Å². The lowest BCUT2D eigenvalue weighted by Gasteiger charge is -2.74. The van der Waals surface area contributed by atoms with Crippen LogP contribution in [0.1, 0.15) is 229 Å². The topological polar surface area (TPSA) is 194 Å². The van der Waals surface area contributed by atoms with Gasteiger partial charge in [0, 0.05) is 51.0 Å². The van der Waals surface area contributed by atoms with Gasteiger partial charge in [-0.3, -0.25) is 19.2 Å². The summed E-state index contributed by atoms with van der Waals surface area (Å²) in [7, 11) is 3.27. The van der Waals surface area contributed by atoms with E-state index >= 15 is 0 Å². The molecule has 17 nitrogen and oxygen atoms in total. The van der Waals surface area contributed by atoms with E-state index in [2.05, 4.69) is 109 Å². The van der Waals surface area contributed by atoms with Crippen molar-refractivity contribution in [3.63, 3.8) is 0 Å².